The van der Waals surface area contributed by atoms with Crippen molar-refractivity contribution in [1.29, 1.82) is 0 Å². The highest BCUT2D eigenvalue weighted by Crippen LogP contribution is 2.22. The third kappa shape index (κ3) is 18.0. The Labute approximate surface area is 429 Å². The predicted molar refractivity (Wildman–Crippen MR) is 265 cm³/mol. The molecule has 2 fully saturated rings. The zero-order valence-electron chi connectivity index (χ0n) is 41.8. The fourth-order valence-corrected chi connectivity index (χ4v) is 8.72. The van der Waals surface area contributed by atoms with E-state index >= 15 is 0 Å². The molecule has 10 amide bonds. The van der Waals surface area contributed by atoms with Crippen molar-refractivity contribution in [2.45, 2.75) is 146 Å². The Bertz CT molecular complexity index is 2140. The molecule has 0 aromatic heterocycles. The van der Waals surface area contributed by atoms with E-state index in [0.29, 0.717) is 24.8 Å². The Morgan fingerprint density at radius 2 is 1.21 bits per heavy atom. The number of amides is 10. The number of likely N-dealkylation sites (tertiary alicyclic amines) is 2. The number of hydrogen-bond acceptors (Lipinski definition) is 15. The van der Waals surface area contributed by atoms with Gasteiger partial charge in [-0.05, 0) is 56.4 Å². The van der Waals surface area contributed by atoms with Crippen LogP contribution in [0.5, 0.6) is 0 Å². The molecule has 26 heteroatoms. The zero-order chi connectivity index (χ0) is 54.7. The smallest absolute Gasteiger partial charge is 0.326 e. The SMILES string of the molecule is CC[C@H](C)[C@H](NC(=O)[C@@H]1CCCN1C(=O)[C@H](Cc1ccccc1)NC(=O)[C@H](CC(N)=O)NC(=O)[C@H](CC(C)C)NC(=O)[C@@H](NC(=O)[C@H](CS)NC(=O)CN)[C@@H](C)O)C(=O)N[C@@H](CO)C(=O)N1CCC[C@H]1C(=O)O. The number of nitrogens with zero attached hydrogens (tertiary/aromatic N) is 2. The Kier molecular flexibility index (Phi) is 24.5. The summed E-state index contributed by atoms with van der Waals surface area (Å²) in [6, 6.07) is -4.05. The molecule has 1 aromatic carbocycles. The van der Waals surface area contributed by atoms with E-state index in [1.807, 2.05) is 0 Å². The van der Waals surface area contributed by atoms with E-state index in [4.69, 9.17) is 11.5 Å². The lowest BCUT2D eigenvalue weighted by Crippen LogP contribution is -2.62. The maximum absolute atomic E-state index is 14.6. The molecule has 1 aromatic rings. The van der Waals surface area contributed by atoms with Crippen molar-refractivity contribution >= 4 is 77.7 Å². The van der Waals surface area contributed by atoms with E-state index < -0.39 is 151 Å². The van der Waals surface area contributed by atoms with Crippen LogP contribution in [0.15, 0.2) is 30.3 Å². The first kappa shape index (κ1) is 60.9. The van der Waals surface area contributed by atoms with Gasteiger partial charge in [0.1, 0.15) is 54.4 Å². The van der Waals surface area contributed by atoms with Crippen molar-refractivity contribution in [3.05, 3.63) is 35.9 Å². The van der Waals surface area contributed by atoms with Gasteiger partial charge in [0.25, 0.3) is 0 Å². The Morgan fingerprint density at radius 1 is 0.685 bits per heavy atom. The number of benzene rings is 1. The monoisotopic (exact) mass is 1050 g/mol. The summed E-state index contributed by atoms with van der Waals surface area (Å²) in [5.74, 6) is -11.0. The van der Waals surface area contributed by atoms with E-state index in [-0.39, 0.29) is 50.4 Å². The molecule has 73 heavy (non-hydrogen) atoms. The molecule has 0 aliphatic carbocycles. The second-order valence-corrected chi connectivity index (χ2v) is 19.1. The van der Waals surface area contributed by atoms with Crippen LogP contribution < -0.4 is 48.7 Å². The molecule has 0 saturated carbocycles. The van der Waals surface area contributed by atoms with E-state index in [1.165, 1.54) is 11.8 Å². The summed E-state index contributed by atoms with van der Waals surface area (Å²) in [6.07, 6.45) is -1.02. The highest BCUT2D eigenvalue weighted by atomic mass is 32.1. The van der Waals surface area contributed by atoms with Crippen molar-refractivity contribution in [2.75, 3.05) is 32.0 Å². The molecule has 0 unspecified atom stereocenters. The van der Waals surface area contributed by atoms with Gasteiger partial charge in [-0.2, -0.15) is 12.6 Å². The van der Waals surface area contributed by atoms with Crippen LogP contribution in [0.1, 0.15) is 85.1 Å². The second kappa shape index (κ2) is 29.4. The zero-order valence-corrected chi connectivity index (χ0v) is 42.7. The Balaban J connectivity index is 1.87. The number of primary amides is 1. The summed E-state index contributed by atoms with van der Waals surface area (Å²) in [4.78, 5) is 149. The number of nitrogens with two attached hydrogens (primary N) is 2. The summed E-state index contributed by atoms with van der Waals surface area (Å²) >= 11 is 4.06. The lowest BCUT2D eigenvalue weighted by atomic mass is 9.97. The number of carboxylic acids is 1. The van der Waals surface area contributed by atoms with Crippen LogP contribution in [0.2, 0.25) is 0 Å². The topological polar surface area (TPSA) is 391 Å². The van der Waals surface area contributed by atoms with Gasteiger partial charge in [0.05, 0.1) is 25.7 Å². The minimum atomic E-state index is -1.72. The third-order valence-electron chi connectivity index (χ3n) is 12.6. The number of hydrogen-bond donors (Lipinski definition) is 13. The van der Waals surface area contributed by atoms with Gasteiger partial charge in [-0.1, -0.05) is 64.4 Å². The highest BCUT2D eigenvalue weighted by molar-refractivity contribution is 7.80. The van der Waals surface area contributed by atoms with E-state index in [0.717, 1.165) is 4.90 Å². The van der Waals surface area contributed by atoms with Crippen molar-refractivity contribution in [1.82, 2.24) is 47.0 Å². The molecular formula is C47H73N11O14S. The fraction of sp³-hybridized carbons (Fsp3) is 0.638. The molecule has 11 atom stereocenters. The van der Waals surface area contributed by atoms with Crippen LogP contribution in [0.4, 0.5) is 0 Å². The molecule has 2 heterocycles. The lowest BCUT2D eigenvalue weighted by molar-refractivity contribution is -0.150. The van der Waals surface area contributed by atoms with Gasteiger partial charge >= 0.3 is 5.97 Å². The number of nitrogens with one attached hydrogen (secondary N) is 7. The molecule has 0 spiro atoms. The van der Waals surface area contributed by atoms with Crippen molar-refractivity contribution < 1.29 is 68.1 Å². The van der Waals surface area contributed by atoms with Gasteiger partial charge in [0, 0.05) is 25.3 Å². The summed E-state index contributed by atoms with van der Waals surface area (Å²) in [7, 11) is 0. The number of aliphatic hydroxyl groups is 2. The average Bonchev–Trinajstić information content (AvgIpc) is 4.06. The number of rotatable bonds is 28. The summed E-state index contributed by atoms with van der Waals surface area (Å²) < 4.78 is 0. The van der Waals surface area contributed by atoms with Gasteiger partial charge in [-0.25, -0.2) is 4.79 Å². The van der Waals surface area contributed by atoms with Gasteiger partial charge < -0.3 is 73.8 Å². The molecule has 14 N–H and O–H groups in total. The summed E-state index contributed by atoms with van der Waals surface area (Å²) in [6.45, 7) is 6.94. The van der Waals surface area contributed by atoms with Crippen LogP contribution in [-0.4, -0.2) is 183 Å². The van der Waals surface area contributed by atoms with Crippen LogP contribution >= 0.6 is 12.6 Å². The standard InChI is InChI=1S/C47H73N11O14S/c1-6-25(4)37(43(67)54-31(22-59)46(70)58-17-11-15-34(58)47(71)72)55-42(66)33-14-10-16-57(33)45(69)30(19-27-12-8-7-9-13-27)53-40(64)29(20-35(49)61)51-39(63)28(18-24(2)3)52-44(68)38(26(5)60)56-41(65)32(23-73)50-36(62)21-48/h7-9,12-13,24-26,28-34,37-38,59-60,73H,6,10-11,14-23,48H2,1-5H3,(H2,49,61)(H,50,62)(H,51,63)(H,52,68)(H,53,64)(H,54,67)(H,55,66)(H,56,65)(H,71,72)/t25-,26+,28-,29-,30-,31-,32-,33-,34-,37-,38-/m0/s1. The van der Waals surface area contributed by atoms with Crippen LogP contribution in [0.25, 0.3) is 0 Å². The maximum atomic E-state index is 14.6. The number of aliphatic carboxylic acids is 1. The van der Waals surface area contributed by atoms with Gasteiger partial charge in [-0.3, -0.25) is 47.9 Å². The normalized spacial score (nSPS) is 19.1. The van der Waals surface area contributed by atoms with Gasteiger partial charge in [0.2, 0.25) is 59.1 Å². The van der Waals surface area contributed by atoms with Crippen molar-refractivity contribution in [3.63, 3.8) is 0 Å². The summed E-state index contributed by atoms with van der Waals surface area (Å²) in [5, 5.41) is 47.6. The third-order valence-corrected chi connectivity index (χ3v) is 13.0. The molecule has 406 valence electrons. The summed E-state index contributed by atoms with van der Waals surface area (Å²) in [5.41, 5.74) is 11.4. The van der Waals surface area contributed by atoms with E-state index in [2.05, 4.69) is 49.8 Å². The van der Waals surface area contributed by atoms with Crippen molar-refractivity contribution in [2.24, 2.45) is 23.3 Å². The van der Waals surface area contributed by atoms with Crippen LogP contribution in [0, 0.1) is 11.8 Å². The maximum Gasteiger partial charge on any atom is 0.326 e. The van der Waals surface area contributed by atoms with Crippen LogP contribution in [0.3, 0.4) is 0 Å². The number of aliphatic hydroxyl groups excluding tert-OH is 2. The van der Waals surface area contributed by atoms with Crippen molar-refractivity contribution in [3.8, 4) is 0 Å². The first-order valence-corrected chi connectivity index (χ1v) is 25.0. The van der Waals surface area contributed by atoms with E-state index in [1.54, 1.807) is 58.0 Å². The Hall–Kier alpha value is -6.38. The predicted octanol–water partition coefficient (Wildman–Crippen LogP) is -4.08. The molecule has 0 radical (unpaired) electrons. The van der Waals surface area contributed by atoms with E-state index in [9.17, 15) is 68.1 Å². The molecule has 25 nitrogen and oxygen atoms in total. The molecule has 0 bridgehead atoms. The first-order valence-electron chi connectivity index (χ1n) is 24.4. The highest BCUT2D eigenvalue weighted by Gasteiger charge is 2.43. The number of thiol groups is 1. The first-order chi connectivity index (χ1) is 34.5. The number of carbonyl (C=O) groups is 11. The molecule has 2 aliphatic heterocycles. The Morgan fingerprint density at radius 3 is 1.74 bits per heavy atom. The average molecular weight is 1050 g/mol. The lowest BCUT2D eigenvalue weighted by Gasteiger charge is -2.32. The fourth-order valence-electron chi connectivity index (χ4n) is 8.46. The molecule has 2 saturated heterocycles. The quantitative estimate of drug-likeness (QED) is 0.0355. The minimum Gasteiger partial charge on any atom is -0.480 e. The number of carbonyl (C=O) groups excluding carboxylic acids is 10. The second-order valence-electron chi connectivity index (χ2n) is 18.7. The molecular weight excluding hydrogens is 975 g/mol. The van der Waals surface area contributed by atoms with Gasteiger partial charge in [-0.15, -0.1) is 0 Å². The number of carboxylic acid groups (broad SMARTS) is 1. The largest absolute Gasteiger partial charge is 0.480 e. The van der Waals surface area contributed by atoms with Crippen LogP contribution in [-0.2, 0) is 59.2 Å². The van der Waals surface area contributed by atoms with Gasteiger partial charge in [0.15, 0.2) is 0 Å². The minimum absolute atomic E-state index is 0.0452. The molecule has 3 rings (SSSR count). The molecule has 2 aliphatic rings.